The largest absolute Gasteiger partial charge is 0.361 e. The summed E-state index contributed by atoms with van der Waals surface area (Å²) >= 11 is 0. The highest BCUT2D eigenvalue weighted by atomic mass is 32.2. The predicted octanol–water partition coefficient (Wildman–Crippen LogP) is 3.71. The molecule has 0 aliphatic carbocycles. The number of hydrogen-bond acceptors (Lipinski definition) is 4. The summed E-state index contributed by atoms with van der Waals surface area (Å²) in [4.78, 5) is 14.1. The van der Waals surface area contributed by atoms with Crippen molar-refractivity contribution in [2.24, 2.45) is 0 Å². The van der Waals surface area contributed by atoms with Gasteiger partial charge in [0.25, 0.3) is 0 Å². The smallest absolute Gasteiger partial charge is 0.243 e. The summed E-state index contributed by atoms with van der Waals surface area (Å²) in [6.07, 6.45) is 5.19. The number of amides is 1. The average molecular weight is 430 g/mol. The Hall–Kier alpha value is -2.68. The first-order valence-electron chi connectivity index (χ1n) is 10.0. The summed E-state index contributed by atoms with van der Waals surface area (Å²) in [7, 11) is -3.40. The normalized spacial score (nSPS) is 11.6. The van der Waals surface area contributed by atoms with Crippen LogP contribution in [0.2, 0.25) is 0 Å². The maximum atomic E-state index is 12.3. The van der Waals surface area contributed by atoms with Crippen LogP contribution < -0.4 is 10.2 Å². The van der Waals surface area contributed by atoms with Gasteiger partial charge in [0, 0.05) is 24.7 Å². The quantitative estimate of drug-likeness (QED) is 0.211. The van der Waals surface area contributed by atoms with Gasteiger partial charge in [-0.1, -0.05) is 49.2 Å². The fourth-order valence-corrected chi connectivity index (χ4v) is 4.53. The standard InChI is InChI=1S/C22H27N3O4S/c26-22(25-27)5-3-1-2-4-13-24-30(28,29)16-17-6-8-18(9-7-17)20-11-10-19-12-14-23-21(19)15-20/h6-12,14-15,23-24,27H,1-5,13,16H2,(H,25,26). The van der Waals surface area contributed by atoms with Crippen molar-refractivity contribution in [3.63, 3.8) is 0 Å². The number of carbonyl (C=O) groups excluding carboxylic acids is 1. The van der Waals surface area contributed by atoms with E-state index in [-0.39, 0.29) is 12.2 Å². The lowest BCUT2D eigenvalue weighted by molar-refractivity contribution is -0.129. The number of carbonyl (C=O) groups is 1. The number of nitrogens with one attached hydrogen (secondary N) is 3. The molecular weight excluding hydrogens is 402 g/mol. The molecule has 0 aliphatic rings. The Morgan fingerprint density at radius 1 is 0.933 bits per heavy atom. The zero-order chi connectivity index (χ0) is 21.4. The number of sulfonamides is 1. The third kappa shape index (κ3) is 6.41. The van der Waals surface area contributed by atoms with E-state index >= 15 is 0 Å². The molecule has 2 aromatic carbocycles. The van der Waals surface area contributed by atoms with Gasteiger partial charge in [0.05, 0.1) is 5.75 Å². The molecule has 1 amide bonds. The Morgan fingerprint density at radius 3 is 2.43 bits per heavy atom. The fraction of sp³-hybridized carbons (Fsp3) is 0.318. The summed E-state index contributed by atoms with van der Waals surface area (Å²) in [5.41, 5.74) is 5.52. The Balaban J connectivity index is 1.45. The van der Waals surface area contributed by atoms with E-state index in [0.29, 0.717) is 19.4 Å². The van der Waals surface area contributed by atoms with Crippen molar-refractivity contribution in [3.8, 4) is 11.1 Å². The third-order valence-electron chi connectivity index (χ3n) is 4.98. The van der Waals surface area contributed by atoms with Crippen LogP contribution in [0.5, 0.6) is 0 Å². The molecule has 0 aliphatic heterocycles. The second-order valence-corrected chi connectivity index (χ2v) is 9.14. The lowest BCUT2D eigenvalue weighted by Gasteiger charge is -2.08. The lowest BCUT2D eigenvalue weighted by Crippen LogP contribution is -2.26. The molecule has 3 rings (SSSR count). The Bertz CT molecular complexity index is 1080. The average Bonchev–Trinajstić information content (AvgIpc) is 3.21. The number of aromatic amines is 1. The summed E-state index contributed by atoms with van der Waals surface area (Å²) in [5, 5.41) is 9.57. The van der Waals surface area contributed by atoms with Crippen LogP contribution in [0, 0.1) is 0 Å². The zero-order valence-corrected chi connectivity index (χ0v) is 17.5. The minimum Gasteiger partial charge on any atom is -0.361 e. The molecule has 30 heavy (non-hydrogen) atoms. The van der Waals surface area contributed by atoms with Crippen molar-refractivity contribution in [3.05, 3.63) is 60.3 Å². The van der Waals surface area contributed by atoms with Crippen LogP contribution in [0.15, 0.2) is 54.7 Å². The van der Waals surface area contributed by atoms with Gasteiger partial charge in [-0.25, -0.2) is 18.6 Å². The van der Waals surface area contributed by atoms with E-state index in [2.05, 4.69) is 27.9 Å². The predicted molar refractivity (Wildman–Crippen MR) is 117 cm³/mol. The van der Waals surface area contributed by atoms with Crippen molar-refractivity contribution >= 4 is 26.8 Å². The SMILES string of the molecule is O=C(CCCCCCNS(=O)(=O)Cc1ccc(-c2ccc3cc[nH]c3c2)cc1)NO. The molecule has 0 radical (unpaired) electrons. The van der Waals surface area contributed by atoms with Gasteiger partial charge in [-0.3, -0.25) is 10.0 Å². The Morgan fingerprint density at radius 2 is 1.67 bits per heavy atom. The highest BCUT2D eigenvalue weighted by Gasteiger charge is 2.11. The van der Waals surface area contributed by atoms with Gasteiger partial charge in [-0.2, -0.15) is 0 Å². The van der Waals surface area contributed by atoms with Gasteiger partial charge < -0.3 is 4.98 Å². The fourth-order valence-electron chi connectivity index (χ4n) is 3.34. The number of hydroxylamine groups is 1. The van der Waals surface area contributed by atoms with E-state index in [0.717, 1.165) is 40.4 Å². The first-order chi connectivity index (χ1) is 14.5. The molecule has 8 heteroatoms. The summed E-state index contributed by atoms with van der Waals surface area (Å²) in [6.45, 7) is 0.378. The first-order valence-corrected chi connectivity index (χ1v) is 11.7. The lowest BCUT2D eigenvalue weighted by atomic mass is 10.0. The molecule has 0 saturated heterocycles. The number of aromatic nitrogens is 1. The van der Waals surface area contributed by atoms with Gasteiger partial charge in [0.1, 0.15) is 0 Å². The molecule has 3 aromatic rings. The van der Waals surface area contributed by atoms with Crippen molar-refractivity contribution in [2.45, 2.75) is 37.9 Å². The van der Waals surface area contributed by atoms with Crippen LogP contribution in [0.3, 0.4) is 0 Å². The van der Waals surface area contributed by atoms with Crippen LogP contribution in [0.4, 0.5) is 0 Å². The molecular formula is C22H27N3O4S. The highest BCUT2D eigenvalue weighted by molar-refractivity contribution is 7.88. The van der Waals surface area contributed by atoms with E-state index < -0.39 is 15.9 Å². The topological polar surface area (TPSA) is 111 Å². The van der Waals surface area contributed by atoms with Crippen LogP contribution in [0.25, 0.3) is 22.0 Å². The maximum Gasteiger partial charge on any atom is 0.243 e. The molecule has 1 aromatic heterocycles. The number of unbranched alkanes of at least 4 members (excludes halogenated alkanes) is 3. The van der Waals surface area contributed by atoms with Crippen LogP contribution in [0.1, 0.15) is 37.7 Å². The van der Waals surface area contributed by atoms with Crippen LogP contribution in [-0.4, -0.2) is 31.1 Å². The van der Waals surface area contributed by atoms with Crippen molar-refractivity contribution < 1.29 is 18.4 Å². The molecule has 4 N–H and O–H groups in total. The zero-order valence-electron chi connectivity index (χ0n) is 16.7. The monoisotopic (exact) mass is 429 g/mol. The molecule has 0 spiro atoms. The van der Waals surface area contributed by atoms with E-state index in [1.54, 1.807) is 5.48 Å². The molecule has 0 unspecified atom stereocenters. The van der Waals surface area contributed by atoms with Gasteiger partial charge >= 0.3 is 0 Å². The summed E-state index contributed by atoms with van der Waals surface area (Å²) in [5.74, 6) is -0.453. The van der Waals surface area contributed by atoms with Crippen LogP contribution >= 0.6 is 0 Å². The number of hydrogen-bond donors (Lipinski definition) is 4. The molecule has 0 bridgehead atoms. The summed E-state index contributed by atoms with van der Waals surface area (Å²) < 4.78 is 27.2. The van der Waals surface area contributed by atoms with Gasteiger partial charge in [-0.05, 0) is 47.1 Å². The highest BCUT2D eigenvalue weighted by Crippen LogP contribution is 2.24. The van der Waals surface area contributed by atoms with E-state index in [1.807, 2.05) is 36.5 Å². The van der Waals surface area contributed by atoms with Gasteiger partial charge in [-0.15, -0.1) is 0 Å². The second kappa shape index (κ2) is 10.4. The van der Waals surface area contributed by atoms with E-state index in [1.165, 1.54) is 0 Å². The molecule has 160 valence electrons. The van der Waals surface area contributed by atoms with Crippen molar-refractivity contribution in [2.75, 3.05) is 6.54 Å². The van der Waals surface area contributed by atoms with E-state index in [4.69, 9.17) is 5.21 Å². The summed E-state index contributed by atoms with van der Waals surface area (Å²) in [6, 6.07) is 15.8. The van der Waals surface area contributed by atoms with Crippen LogP contribution in [-0.2, 0) is 20.6 Å². The van der Waals surface area contributed by atoms with Gasteiger partial charge in [0.2, 0.25) is 15.9 Å². The molecule has 0 atom stereocenters. The van der Waals surface area contributed by atoms with Gasteiger partial charge in [0.15, 0.2) is 0 Å². The molecule has 0 saturated carbocycles. The maximum absolute atomic E-state index is 12.3. The minimum atomic E-state index is -3.40. The third-order valence-corrected chi connectivity index (χ3v) is 6.33. The Labute approximate surface area is 176 Å². The minimum absolute atomic E-state index is 0.0559. The Kier molecular flexibility index (Phi) is 7.62. The first kappa shape index (κ1) is 22.0. The number of fused-ring (bicyclic) bond motifs is 1. The second-order valence-electron chi connectivity index (χ2n) is 7.33. The molecule has 7 nitrogen and oxygen atoms in total. The number of rotatable bonds is 11. The van der Waals surface area contributed by atoms with Crippen molar-refractivity contribution in [1.29, 1.82) is 0 Å². The van der Waals surface area contributed by atoms with Crippen molar-refractivity contribution in [1.82, 2.24) is 15.2 Å². The number of benzene rings is 2. The molecule has 0 fully saturated rings. The van der Waals surface area contributed by atoms with E-state index in [9.17, 15) is 13.2 Å². The number of H-pyrrole nitrogens is 1. The molecule has 1 heterocycles.